The van der Waals surface area contributed by atoms with Crippen LogP contribution in [0.15, 0.2) is 29.1 Å². The molecule has 0 aliphatic carbocycles. The predicted octanol–water partition coefficient (Wildman–Crippen LogP) is 2.50. The number of nitrogens with zero attached hydrogens (tertiary/aromatic N) is 2. The van der Waals surface area contributed by atoms with Crippen molar-refractivity contribution in [3.8, 4) is 0 Å². The minimum Gasteiger partial charge on any atom is -0.326 e. The van der Waals surface area contributed by atoms with Crippen LogP contribution in [-0.2, 0) is 13.0 Å². The average Bonchev–Trinajstić information content (AvgIpc) is 2.49. The maximum absolute atomic E-state index is 12.8. The molecule has 2 N–H and O–H groups in total. The molecule has 2 rings (SSSR count). The first-order chi connectivity index (χ1) is 10.4. The largest absolute Gasteiger partial charge is 0.326 e. The van der Waals surface area contributed by atoms with Crippen LogP contribution in [0.2, 0.25) is 0 Å². The number of benzene rings is 1. The van der Waals surface area contributed by atoms with Crippen molar-refractivity contribution in [2.75, 3.05) is 0 Å². The van der Waals surface area contributed by atoms with Gasteiger partial charge in [-0.2, -0.15) is 0 Å². The molecule has 0 bridgehead atoms. The van der Waals surface area contributed by atoms with E-state index in [0.29, 0.717) is 13.0 Å². The summed E-state index contributed by atoms with van der Waals surface area (Å²) in [5, 5.41) is 0. The van der Waals surface area contributed by atoms with Gasteiger partial charge in [-0.05, 0) is 32.8 Å². The lowest BCUT2D eigenvalue weighted by atomic mass is 10.0. The monoisotopic (exact) mass is 299 g/mol. The molecular formula is C18H25N3O. The van der Waals surface area contributed by atoms with E-state index in [1.54, 1.807) is 4.57 Å². The van der Waals surface area contributed by atoms with Crippen LogP contribution in [-0.4, -0.2) is 15.6 Å². The van der Waals surface area contributed by atoms with Gasteiger partial charge in [0, 0.05) is 30.3 Å². The zero-order chi connectivity index (χ0) is 16.3. The average molecular weight is 299 g/mol. The minimum atomic E-state index is -0.0202. The summed E-state index contributed by atoms with van der Waals surface area (Å²) in [7, 11) is 0. The van der Waals surface area contributed by atoms with Gasteiger partial charge in [-0.3, -0.25) is 9.36 Å². The van der Waals surface area contributed by atoms with Crippen LogP contribution >= 0.6 is 0 Å². The Kier molecular flexibility index (Phi) is 5.14. The summed E-state index contributed by atoms with van der Waals surface area (Å²) in [5.74, 6) is 0.735. The molecule has 0 radical (unpaired) electrons. The van der Waals surface area contributed by atoms with Gasteiger partial charge in [0.1, 0.15) is 5.82 Å². The first-order valence-electron chi connectivity index (χ1n) is 7.80. The van der Waals surface area contributed by atoms with Crippen molar-refractivity contribution < 1.29 is 0 Å². The van der Waals surface area contributed by atoms with E-state index in [2.05, 4.69) is 36.2 Å². The van der Waals surface area contributed by atoms with E-state index in [0.717, 1.165) is 29.1 Å². The second-order valence-corrected chi connectivity index (χ2v) is 5.97. The predicted molar refractivity (Wildman–Crippen MR) is 90.2 cm³/mol. The quantitative estimate of drug-likeness (QED) is 0.922. The van der Waals surface area contributed by atoms with Gasteiger partial charge >= 0.3 is 0 Å². The highest BCUT2D eigenvalue weighted by atomic mass is 16.1. The topological polar surface area (TPSA) is 60.9 Å². The van der Waals surface area contributed by atoms with Crippen molar-refractivity contribution in [3.05, 3.63) is 62.8 Å². The summed E-state index contributed by atoms with van der Waals surface area (Å²) in [5.41, 5.74) is 9.96. The second kappa shape index (κ2) is 6.88. The molecule has 4 nitrogen and oxygen atoms in total. The van der Waals surface area contributed by atoms with Gasteiger partial charge in [0.2, 0.25) is 0 Å². The molecule has 1 unspecified atom stereocenters. The molecular weight excluding hydrogens is 274 g/mol. The Hall–Kier alpha value is -1.94. The second-order valence-electron chi connectivity index (χ2n) is 5.97. The molecule has 0 fully saturated rings. The third-order valence-corrected chi connectivity index (χ3v) is 4.10. The zero-order valence-electron chi connectivity index (χ0n) is 13.9. The van der Waals surface area contributed by atoms with Crippen molar-refractivity contribution in [1.29, 1.82) is 0 Å². The molecule has 1 atom stereocenters. The molecule has 118 valence electrons. The first kappa shape index (κ1) is 16.4. The lowest BCUT2D eigenvalue weighted by molar-refractivity contribution is 0.507. The van der Waals surface area contributed by atoms with Crippen LogP contribution in [0, 0.1) is 20.8 Å². The van der Waals surface area contributed by atoms with Crippen molar-refractivity contribution >= 4 is 0 Å². The Balaban J connectivity index is 2.40. The molecule has 0 saturated carbocycles. The maximum Gasteiger partial charge on any atom is 0.257 e. The minimum absolute atomic E-state index is 0.0202. The van der Waals surface area contributed by atoms with E-state index >= 15 is 0 Å². The van der Waals surface area contributed by atoms with E-state index in [4.69, 9.17) is 5.73 Å². The zero-order valence-corrected chi connectivity index (χ0v) is 13.9. The highest BCUT2D eigenvalue weighted by Gasteiger charge is 2.14. The number of aryl methyl sites for hydroxylation is 3. The fourth-order valence-electron chi connectivity index (χ4n) is 2.53. The molecule has 0 amide bonds. The van der Waals surface area contributed by atoms with Gasteiger partial charge in [0.05, 0.1) is 0 Å². The molecule has 1 aromatic carbocycles. The van der Waals surface area contributed by atoms with Gasteiger partial charge < -0.3 is 5.73 Å². The van der Waals surface area contributed by atoms with Crippen LogP contribution in [0.3, 0.4) is 0 Å². The lowest BCUT2D eigenvalue weighted by Crippen LogP contribution is -2.35. The van der Waals surface area contributed by atoms with E-state index in [9.17, 15) is 4.79 Å². The number of aromatic nitrogens is 2. The summed E-state index contributed by atoms with van der Waals surface area (Å²) in [6, 6.07) is 8.25. The summed E-state index contributed by atoms with van der Waals surface area (Å²) >= 11 is 0. The fraction of sp³-hybridized carbons (Fsp3) is 0.444. The molecule has 1 heterocycles. The van der Waals surface area contributed by atoms with Crippen LogP contribution in [0.25, 0.3) is 0 Å². The Morgan fingerprint density at radius 3 is 2.41 bits per heavy atom. The van der Waals surface area contributed by atoms with Crippen molar-refractivity contribution in [2.24, 2.45) is 5.73 Å². The van der Waals surface area contributed by atoms with Crippen LogP contribution in [0.4, 0.5) is 0 Å². The lowest BCUT2D eigenvalue weighted by Gasteiger charge is -2.16. The Bertz CT molecular complexity index is 702. The van der Waals surface area contributed by atoms with Gasteiger partial charge in [-0.15, -0.1) is 0 Å². The summed E-state index contributed by atoms with van der Waals surface area (Å²) in [4.78, 5) is 17.3. The molecule has 0 aliphatic heterocycles. The van der Waals surface area contributed by atoms with E-state index in [1.807, 2.05) is 20.8 Å². The highest BCUT2D eigenvalue weighted by Crippen LogP contribution is 2.11. The summed E-state index contributed by atoms with van der Waals surface area (Å²) in [6.45, 7) is 8.38. The Morgan fingerprint density at radius 2 is 1.82 bits per heavy atom. The van der Waals surface area contributed by atoms with Crippen LogP contribution in [0.1, 0.15) is 41.6 Å². The third-order valence-electron chi connectivity index (χ3n) is 4.10. The van der Waals surface area contributed by atoms with Crippen LogP contribution in [0.5, 0.6) is 0 Å². The normalized spacial score (nSPS) is 12.4. The van der Waals surface area contributed by atoms with Crippen molar-refractivity contribution in [2.45, 2.75) is 53.1 Å². The first-order valence-corrected chi connectivity index (χ1v) is 7.80. The van der Waals surface area contributed by atoms with Gasteiger partial charge in [-0.25, -0.2) is 4.98 Å². The van der Waals surface area contributed by atoms with Crippen LogP contribution < -0.4 is 11.3 Å². The fourth-order valence-corrected chi connectivity index (χ4v) is 2.53. The summed E-state index contributed by atoms with van der Waals surface area (Å²) < 4.78 is 1.71. The number of nitrogens with two attached hydrogens (primary N) is 1. The number of hydrogen-bond acceptors (Lipinski definition) is 3. The van der Waals surface area contributed by atoms with Gasteiger partial charge in [0.25, 0.3) is 5.56 Å². The molecule has 22 heavy (non-hydrogen) atoms. The molecule has 2 aromatic rings. The van der Waals surface area contributed by atoms with Crippen molar-refractivity contribution in [1.82, 2.24) is 9.55 Å². The molecule has 0 spiro atoms. The standard InChI is InChI=1S/C18H25N3O/c1-5-16(19)11-21-14(4)20-13(3)17(18(21)22)10-15-8-6-12(2)7-9-15/h6-9,16H,5,10-11,19H2,1-4H3. The van der Waals surface area contributed by atoms with E-state index < -0.39 is 0 Å². The Morgan fingerprint density at radius 1 is 1.18 bits per heavy atom. The third kappa shape index (κ3) is 3.63. The van der Waals surface area contributed by atoms with Crippen molar-refractivity contribution in [3.63, 3.8) is 0 Å². The van der Waals surface area contributed by atoms with Gasteiger partial charge in [0.15, 0.2) is 0 Å². The smallest absolute Gasteiger partial charge is 0.257 e. The summed E-state index contributed by atoms with van der Waals surface area (Å²) in [6.07, 6.45) is 1.45. The Labute approximate surface area is 132 Å². The molecule has 0 saturated heterocycles. The van der Waals surface area contributed by atoms with E-state index in [-0.39, 0.29) is 11.6 Å². The van der Waals surface area contributed by atoms with Gasteiger partial charge in [-0.1, -0.05) is 36.8 Å². The molecule has 0 aliphatic rings. The molecule has 1 aromatic heterocycles. The molecule has 4 heteroatoms. The number of rotatable bonds is 5. The maximum atomic E-state index is 12.8. The highest BCUT2D eigenvalue weighted by molar-refractivity contribution is 5.29. The van der Waals surface area contributed by atoms with E-state index in [1.165, 1.54) is 5.56 Å². The number of hydrogen-bond donors (Lipinski definition) is 1. The SMILES string of the molecule is CCC(N)Cn1c(C)nc(C)c(Cc2ccc(C)cc2)c1=O.